The highest BCUT2D eigenvalue weighted by Gasteiger charge is 2.12. The molecule has 114 valence electrons. The molecule has 0 unspecified atom stereocenters. The van der Waals surface area contributed by atoms with Crippen LogP contribution in [0.25, 0.3) is 10.2 Å². The van der Waals surface area contributed by atoms with Gasteiger partial charge in [0.15, 0.2) is 4.80 Å². The summed E-state index contributed by atoms with van der Waals surface area (Å²) < 4.78 is 10.1. The van der Waals surface area contributed by atoms with Crippen LogP contribution in [0.15, 0.2) is 35.5 Å². The first kappa shape index (κ1) is 14.5. The van der Waals surface area contributed by atoms with Crippen molar-refractivity contribution >= 4 is 27.5 Å². The van der Waals surface area contributed by atoms with E-state index in [0.717, 1.165) is 16.0 Å². The molecule has 0 saturated carbocycles. The number of fused-ring (bicyclic) bond motifs is 1. The quantitative estimate of drug-likeness (QED) is 0.743. The van der Waals surface area contributed by atoms with Crippen molar-refractivity contribution in [2.45, 2.75) is 6.92 Å². The Balaban J connectivity index is 2.14. The minimum atomic E-state index is -0.305. The van der Waals surface area contributed by atoms with E-state index >= 15 is 0 Å². The molecule has 0 atom stereocenters. The molecule has 6 nitrogen and oxygen atoms in total. The third kappa shape index (κ3) is 2.43. The van der Waals surface area contributed by atoms with Gasteiger partial charge >= 0.3 is 0 Å². The molecule has 2 heterocycles. The molecular weight excluding hydrogens is 300 g/mol. The number of rotatable bonds is 3. The maximum absolute atomic E-state index is 12.3. The molecule has 0 N–H and O–H groups in total. The Morgan fingerprint density at radius 2 is 2.18 bits per heavy atom. The summed E-state index contributed by atoms with van der Waals surface area (Å²) >= 11 is 1.46. The molecule has 2 aromatic heterocycles. The smallest absolute Gasteiger partial charge is 0.297 e. The van der Waals surface area contributed by atoms with Gasteiger partial charge in [-0.25, -0.2) is 0 Å². The molecule has 0 spiro atoms. The van der Waals surface area contributed by atoms with Gasteiger partial charge in [0, 0.05) is 20.3 Å². The molecule has 0 saturated heterocycles. The molecular formula is C15H16N4O2S. The fraction of sp³-hybridized carbons (Fsp3) is 0.267. The molecule has 3 aromatic rings. The monoisotopic (exact) mass is 316 g/mol. The second-order valence-corrected chi connectivity index (χ2v) is 5.75. The maximum atomic E-state index is 12.3. The number of carbonyl (C=O) groups is 1. The average molecular weight is 316 g/mol. The second-order valence-electron chi connectivity index (χ2n) is 4.74. The third-order valence-corrected chi connectivity index (χ3v) is 4.42. The molecule has 1 aromatic carbocycles. The lowest BCUT2D eigenvalue weighted by molar-refractivity contribution is 0.0989. The van der Waals surface area contributed by atoms with E-state index in [1.165, 1.54) is 16.0 Å². The average Bonchev–Trinajstić information content (AvgIpc) is 3.05. The topological polar surface area (TPSA) is 61.4 Å². The van der Waals surface area contributed by atoms with Crippen LogP contribution in [0.2, 0.25) is 0 Å². The van der Waals surface area contributed by atoms with Gasteiger partial charge in [-0.2, -0.15) is 10.1 Å². The van der Waals surface area contributed by atoms with Gasteiger partial charge in [0.05, 0.1) is 11.3 Å². The molecule has 0 bridgehead atoms. The van der Waals surface area contributed by atoms with Crippen LogP contribution < -0.4 is 9.54 Å². The standard InChI is InChI=1S/C15H16N4O2S/c1-4-21-11-6-5-7-12-13(11)18(2)15(22-12)17-14(20)10-8-9-16-19(10)3/h5-9H,4H2,1-3H3. The lowest BCUT2D eigenvalue weighted by atomic mass is 10.3. The van der Waals surface area contributed by atoms with Gasteiger partial charge in [0.2, 0.25) is 0 Å². The number of hydrogen-bond donors (Lipinski definition) is 0. The van der Waals surface area contributed by atoms with Gasteiger partial charge in [-0.05, 0) is 25.1 Å². The molecule has 22 heavy (non-hydrogen) atoms. The van der Waals surface area contributed by atoms with Gasteiger partial charge < -0.3 is 9.30 Å². The van der Waals surface area contributed by atoms with Crippen LogP contribution in [-0.4, -0.2) is 26.9 Å². The van der Waals surface area contributed by atoms with E-state index in [1.807, 2.05) is 36.7 Å². The van der Waals surface area contributed by atoms with Crippen molar-refractivity contribution in [3.63, 3.8) is 0 Å². The Hall–Kier alpha value is -2.41. The Kier molecular flexibility index (Phi) is 3.81. The summed E-state index contributed by atoms with van der Waals surface area (Å²) in [4.78, 5) is 17.1. The van der Waals surface area contributed by atoms with Gasteiger partial charge in [0.1, 0.15) is 17.0 Å². The number of benzene rings is 1. The number of hydrogen-bond acceptors (Lipinski definition) is 4. The van der Waals surface area contributed by atoms with E-state index < -0.39 is 0 Å². The zero-order chi connectivity index (χ0) is 15.7. The van der Waals surface area contributed by atoms with Crippen molar-refractivity contribution in [1.29, 1.82) is 0 Å². The Bertz CT molecular complexity index is 904. The summed E-state index contributed by atoms with van der Waals surface area (Å²) in [6.45, 7) is 2.54. The van der Waals surface area contributed by atoms with Crippen LogP contribution in [0.5, 0.6) is 5.75 Å². The van der Waals surface area contributed by atoms with E-state index in [0.29, 0.717) is 17.1 Å². The van der Waals surface area contributed by atoms with Gasteiger partial charge in [-0.15, -0.1) is 0 Å². The van der Waals surface area contributed by atoms with Gasteiger partial charge in [-0.3, -0.25) is 9.48 Å². The minimum absolute atomic E-state index is 0.305. The Labute approximate surface area is 131 Å². The van der Waals surface area contributed by atoms with Gasteiger partial charge in [0.25, 0.3) is 5.91 Å². The van der Waals surface area contributed by atoms with Crippen molar-refractivity contribution in [2.24, 2.45) is 19.1 Å². The molecule has 0 aliphatic heterocycles. The summed E-state index contributed by atoms with van der Waals surface area (Å²) in [5, 5.41) is 4.00. The van der Waals surface area contributed by atoms with Crippen molar-refractivity contribution in [2.75, 3.05) is 6.61 Å². The summed E-state index contributed by atoms with van der Waals surface area (Å²) in [6, 6.07) is 7.52. The number of nitrogens with zero attached hydrogens (tertiary/aromatic N) is 4. The number of carbonyl (C=O) groups excluding carboxylic acids is 1. The van der Waals surface area contributed by atoms with Crippen LogP contribution in [0.3, 0.4) is 0 Å². The molecule has 0 fully saturated rings. The molecule has 0 radical (unpaired) electrons. The normalized spacial score (nSPS) is 12.0. The summed E-state index contributed by atoms with van der Waals surface area (Å²) in [5.74, 6) is 0.494. The second kappa shape index (κ2) is 5.76. The fourth-order valence-corrected chi connectivity index (χ4v) is 3.31. The highest BCUT2D eigenvalue weighted by molar-refractivity contribution is 7.16. The number of para-hydroxylation sites is 1. The van der Waals surface area contributed by atoms with Crippen molar-refractivity contribution < 1.29 is 9.53 Å². The predicted octanol–water partition coefficient (Wildman–Crippen LogP) is 2.11. The van der Waals surface area contributed by atoms with Gasteiger partial charge in [-0.1, -0.05) is 17.4 Å². The van der Waals surface area contributed by atoms with Crippen molar-refractivity contribution in [3.05, 3.63) is 41.0 Å². The van der Waals surface area contributed by atoms with Crippen LogP contribution in [0, 0.1) is 0 Å². The zero-order valence-electron chi connectivity index (χ0n) is 12.6. The number of ether oxygens (including phenoxy) is 1. The predicted molar refractivity (Wildman–Crippen MR) is 85.1 cm³/mol. The molecule has 0 aliphatic rings. The van der Waals surface area contributed by atoms with Crippen molar-refractivity contribution in [1.82, 2.24) is 14.3 Å². The van der Waals surface area contributed by atoms with Crippen LogP contribution in [0.1, 0.15) is 17.4 Å². The largest absolute Gasteiger partial charge is 0.492 e. The lowest BCUT2D eigenvalue weighted by Gasteiger charge is -2.05. The van der Waals surface area contributed by atoms with Crippen LogP contribution in [-0.2, 0) is 14.1 Å². The van der Waals surface area contributed by atoms with E-state index in [2.05, 4.69) is 10.1 Å². The minimum Gasteiger partial charge on any atom is -0.492 e. The van der Waals surface area contributed by atoms with E-state index in [4.69, 9.17) is 4.74 Å². The first-order chi connectivity index (χ1) is 10.6. The third-order valence-electron chi connectivity index (χ3n) is 3.32. The Morgan fingerprint density at radius 3 is 2.86 bits per heavy atom. The molecule has 7 heteroatoms. The Morgan fingerprint density at radius 1 is 1.36 bits per heavy atom. The lowest BCUT2D eigenvalue weighted by Crippen LogP contribution is -2.15. The fourth-order valence-electron chi connectivity index (χ4n) is 2.28. The molecule has 0 aliphatic carbocycles. The summed E-state index contributed by atoms with van der Waals surface area (Å²) in [5.41, 5.74) is 1.41. The highest BCUT2D eigenvalue weighted by Crippen LogP contribution is 2.26. The van der Waals surface area contributed by atoms with Crippen LogP contribution >= 0.6 is 11.3 Å². The van der Waals surface area contributed by atoms with E-state index in [1.54, 1.807) is 19.3 Å². The number of aryl methyl sites for hydroxylation is 2. The van der Waals surface area contributed by atoms with E-state index in [9.17, 15) is 4.79 Å². The summed E-state index contributed by atoms with van der Waals surface area (Å²) in [7, 11) is 3.61. The molecule has 3 rings (SSSR count). The summed E-state index contributed by atoms with van der Waals surface area (Å²) in [6.07, 6.45) is 1.58. The molecule has 1 amide bonds. The number of amides is 1. The van der Waals surface area contributed by atoms with Crippen molar-refractivity contribution in [3.8, 4) is 5.75 Å². The zero-order valence-corrected chi connectivity index (χ0v) is 13.4. The number of thiazole rings is 1. The first-order valence-electron chi connectivity index (χ1n) is 6.90. The van der Waals surface area contributed by atoms with E-state index in [-0.39, 0.29) is 5.91 Å². The van der Waals surface area contributed by atoms with Crippen LogP contribution in [0.4, 0.5) is 0 Å². The number of aromatic nitrogens is 3. The first-order valence-corrected chi connectivity index (χ1v) is 7.72. The highest BCUT2D eigenvalue weighted by atomic mass is 32.1. The SMILES string of the molecule is CCOc1cccc2sc(=NC(=O)c3ccnn3C)n(C)c12. The maximum Gasteiger partial charge on any atom is 0.297 e.